The predicted molar refractivity (Wildman–Crippen MR) is 67.9 cm³/mol. The first kappa shape index (κ1) is 13.6. The molecule has 0 fully saturated rings. The van der Waals surface area contributed by atoms with Gasteiger partial charge in [-0.15, -0.1) is 0 Å². The molecule has 1 rings (SSSR count). The zero-order valence-corrected chi connectivity index (χ0v) is 10.6. The Kier molecular flexibility index (Phi) is 5.56. The van der Waals surface area contributed by atoms with Crippen molar-refractivity contribution >= 4 is 5.96 Å². The average Bonchev–Trinajstić information content (AvgIpc) is 2.78. The molecule has 1 aromatic rings. The Morgan fingerprint density at radius 3 is 2.82 bits per heavy atom. The van der Waals surface area contributed by atoms with E-state index in [0.717, 1.165) is 6.54 Å². The maximum absolute atomic E-state index is 9.80. The third-order valence-corrected chi connectivity index (χ3v) is 2.06. The maximum Gasteiger partial charge on any atom is 0.191 e. The van der Waals surface area contributed by atoms with Crippen LogP contribution in [0.3, 0.4) is 0 Å². The molecule has 0 saturated heterocycles. The lowest BCUT2D eigenvalue weighted by Gasteiger charge is -2.14. The highest BCUT2D eigenvalue weighted by molar-refractivity contribution is 5.79. The Morgan fingerprint density at radius 2 is 2.29 bits per heavy atom. The Bertz CT molecular complexity index is 334. The Balaban J connectivity index is 2.53. The van der Waals surface area contributed by atoms with Gasteiger partial charge < -0.3 is 20.2 Å². The van der Waals surface area contributed by atoms with Crippen LogP contribution < -0.4 is 10.6 Å². The first-order chi connectivity index (χ1) is 8.13. The number of hydrogen-bond acceptors (Lipinski definition) is 3. The minimum Gasteiger partial charge on any atom is -0.467 e. The molecule has 0 saturated carbocycles. The molecule has 0 aliphatic rings. The molecule has 96 valence electrons. The van der Waals surface area contributed by atoms with Crippen molar-refractivity contribution in [1.82, 2.24) is 10.6 Å². The van der Waals surface area contributed by atoms with E-state index in [2.05, 4.69) is 15.6 Å². The number of aliphatic imine (C=N–C) groups is 1. The molecular weight excluding hydrogens is 218 g/mol. The number of hydrogen-bond donors (Lipinski definition) is 3. The first-order valence-corrected chi connectivity index (χ1v) is 5.89. The third kappa shape index (κ3) is 4.91. The van der Waals surface area contributed by atoms with Crippen LogP contribution in [0.25, 0.3) is 0 Å². The molecular formula is C12H21N3O2. The topological polar surface area (TPSA) is 69.8 Å². The summed E-state index contributed by atoms with van der Waals surface area (Å²) in [5.74, 6) is 1.24. The van der Waals surface area contributed by atoms with Gasteiger partial charge in [0, 0.05) is 12.6 Å². The van der Waals surface area contributed by atoms with E-state index in [1.807, 2.05) is 20.8 Å². The molecule has 1 atom stereocenters. The van der Waals surface area contributed by atoms with Crippen LogP contribution in [0.2, 0.25) is 0 Å². The lowest BCUT2D eigenvalue weighted by atomic mass is 10.3. The van der Waals surface area contributed by atoms with Crippen LogP contribution in [0.1, 0.15) is 32.6 Å². The van der Waals surface area contributed by atoms with Crippen LogP contribution in [0.4, 0.5) is 0 Å². The quantitative estimate of drug-likeness (QED) is 0.534. The summed E-state index contributed by atoms with van der Waals surface area (Å²) in [6.45, 7) is 7.14. The van der Waals surface area contributed by atoms with E-state index in [0.29, 0.717) is 17.8 Å². The Morgan fingerprint density at radius 1 is 1.53 bits per heavy atom. The number of nitrogens with one attached hydrogen (secondary N) is 2. The van der Waals surface area contributed by atoms with Gasteiger partial charge in [0.15, 0.2) is 5.96 Å². The molecule has 1 aromatic heterocycles. The van der Waals surface area contributed by atoms with E-state index in [4.69, 9.17) is 4.42 Å². The predicted octanol–water partition coefficient (Wildman–Crippen LogP) is 1.28. The van der Waals surface area contributed by atoms with Crippen molar-refractivity contribution in [3.05, 3.63) is 24.2 Å². The minimum atomic E-state index is -0.701. The molecule has 0 amide bonds. The van der Waals surface area contributed by atoms with Gasteiger partial charge in [-0.3, -0.25) is 4.99 Å². The second kappa shape index (κ2) is 6.96. The molecule has 3 N–H and O–H groups in total. The van der Waals surface area contributed by atoms with Crippen LogP contribution >= 0.6 is 0 Å². The van der Waals surface area contributed by atoms with Gasteiger partial charge in [0.2, 0.25) is 0 Å². The smallest absolute Gasteiger partial charge is 0.191 e. The van der Waals surface area contributed by atoms with E-state index in [9.17, 15) is 5.11 Å². The van der Waals surface area contributed by atoms with Gasteiger partial charge in [-0.05, 0) is 32.9 Å². The SMILES string of the molecule is CCNC(=NCC(O)c1ccco1)NC(C)C. The van der Waals surface area contributed by atoms with Gasteiger partial charge in [-0.1, -0.05) is 0 Å². The largest absolute Gasteiger partial charge is 0.467 e. The van der Waals surface area contributed by atoms with Crippen molar-refractivity contribution < 1.29 is 9.52 Å². The number of guanidine groups is 1. The molecule has 17 heavy (non-hydrogen) atoms. The summed E-state index contributed by atoms with van der Waals surface area (Å²) in [6, 6.07) is 3.79. The highest BCUT2D eigenvalue weighted by atomic mass is 16.4. The summed E-state index contributed by atoms with van der Waals surface area (Å²) in [7, 11) is 0. The molecule has 0 bridgehead atoms. The number of aliphatic hydroxyl groups is 1. The number of rotatable bonds is 5. The number of furan rings is 1. The highest BCUT2D eigenvalue weighted by Crippen LogP contribution is 2.12. The summed E-state index contributed by atoms with van der Waals surface area (Å²) in [5, 5.41) is 16.1. The number of aliphatic hydroxyl groups excluding tert-OH is 1. The summed E-state index contributed by atoms with van der Waals surface area (Å²) < 4.78 is 5.11. The van der Waals surface area contributed by atoms with Crippen LogP contribution in [0, 0.1) is 0 Å². The standard InChI is InChI=1S/C12H21N3O2/c1-4-13-12(15-9(2)3)14-8-10(16)11-6-5-7-17-11/h5-7,9-10,16H,4,8H2,1-3H3,(H2,13,14,15). The summed E-state index contributed by atoms with van der Waals surface area (Å²) >= 11 is 0. The zero-order chi connectivity index (χ0) is 12.7. The molecule has 5 heteroatoms. The van der Waals surface area contributed by atoms with Gasteiger partial charge in [0.1, 0.15) is 11.9 Å². The van der Waals surface area contributed by atoms with Crippen LogP contribution in [-0.2, 0) is 0 Å². The van der Waals surface area contributed by atoms with E-state index in [1.54, 1.807) is 18.4 Å². The van der Waals surface area contributed by atoms with E-state index < -0.39 is 6.10 Å². The van der Waals surface area contributed by atoms with Gasteiger partial charge in [-0.25, -0.2) is 0 Å². The van der Waals surface area contributed by atoms with Gasteiger partial charge >= 0.3 is 0 Å². The molecule has 0 aliphatic carbocycles. The molecule has 1 unspecified atom stereocenters. The van der Waals surface area contributed by atoms with Crippen molar-refractivity contribution in [3.63, 3.8) is 0 Å². The minimum absolute atomic E-state index is 0.273. The lowest BCUT2D eigenvalue weighted by Crippen LogP contribution is -2.41. The van der Waals surface area contributed by atoms with Crippen molar-refractivity contribution in [3.8, 4) is 0 Å². The van der Waals surface area contributed by atoms with Gasteiger partial charge in [0.25, 0.3) is 0 Å². The fourth-order valence-corrected chi connectivity index (χ4v) is 1.34. The van der Waals surface area contributed by atoms with Crippen LogP contribution in [0.5, 0.6) is 0 Å². The molecule has 1 heterocycles. The fourth-order valence-electron chi connectivity index (χ4n) is 1.34. The molecule has 0 radical (unpaired) electrons. The van der Waals surface area contributed by atoms with Gasteiger partial charge in [0.05, 0.1) is 12.8 Å². The van der Waals surface area contributed by atoms with E-state index in [1.165, 1.54) is 0 Å². The van der Waals surface area contributed by atoms with Crippen molar-refractivity contribution in [2.24, 2.45) is 4.99 Å². The fraction of sp³-hybridized carbons (Fsp3) is 0.583. The highest BCUT2D eigenvalue weighted by Gasteiger charge is 2.10. The first-order valence-electron chi connectivity index (χ1n) is 5.89. The van der Waals surface area contributed by atoms with Crippen molar-refractivity contribution in [2.75, 3.05) is 13.1 Å². The van der Waals surface area contributed by atoms with E-state index >= 15 is 0 Å². The molecule has 0 aromatic carbocycles. The lowest BCUT2D eigenvalue weighted by molar-refractivity contribution is 0.158. The summed E-state index contributed by atoms with van der Waals surface area (Å²) in [6.07, 6.45) is 0.840. The zero-order valence-electron chi connectivity index (χ0n) is 10.6. The van der Waals surface area contributed by atoms with Crippen LogP contribution in [0.15, 0.2) is 27.8 Å². The normalized spacial score (nSPS) is 13.8. The Hall–Kier alpha value is -1.49. The van der Waals surface area contributed by atoms with Crippen molar-refractivity contribution in [1.29, 1.82) is 0 Å². The van der Waals surface area contributed by atoms with Crippen molar-refractivity contribution in [2.45, 2.75) is 32.9 Å². The second-order valence-corrected chi connectivity index (χ2v) is 4.05. The van der Waals surface area contributed by atoms with E-state index in [-0.39, 0.29) is 6.54 Å². The average molecular weight is 239 g/mol. The molecule has 5 nitrogen and oxygen atoms in total. The second-order valence-electron chi connectivity index (χ2n) is 4.05. The molecule has 0 spiro atoms. The summed E-state index contributed by atoms with van der Waals surface area (Å²) in [5.41, 5.74) is 0. The maximum atomic E-state index is 9.80. The molecule has 0 aliphatic heterocycles. The number of nitrogens with zero attached hydrogens (tertiary/aromatic N) is 1. The monoisotopic (exact) mass is 239 g/mol. The van der Waals surface area contributed by atoms with Crippen LogP contribution in [-0.4, -0.2) is 30.2 Å². The van der Waals surface area contributed by atoms with Gasteiger partial charge in [-0.2, -0.15) is 0 Å². The summed E-state index contributed by atoms with van der Waals surface area (Å²) in [4.78, 5) is 4.29. The third-order valence-electron chi connectivity index (χ3n) is 2.06. The Labute approximate surface area is 102 Å².